The van der Waals surface area contributed by atoms with Crippen molar-refractivity contribution in [3.8, 4) is 0 Å². The number of hydrogen-bond acceptors (Lipinski definition) is 8. The molecule has 0 amide bonds. The third-order valence-electron chi connectivity index (χ3n) is 5.17. The van der Waals surface area contributed by atoms with Gasteiger partial charge in [-0.15, -0.1) is 4.91 Å². The number of hydrogen-bond donors (Lipinski definition) is 4. The summed E-state index contributed by atoms with van der Waals surface area (Å²) in [5, 5.41) is 21.3. The van der Waals surface area contributed by atoms with Crippen LogP contribution in [0.15, 0.2) is 47.8 Å². The number of fused-ring (bicyclic) bond motifs is 2. The molecule has 0 bridgehead atoms. The van der Waals surface area contributed by atoms with Gasteiger partial charge in [0.05, 0.1) is 4.92 Å². The molecular weight excluding hydrogens is 597 g/mol. The van der Waals surface area contributed by atoms with Crippen LogP contribution in [0.25, 0.3) is 21.8 Å². The van der Waals surface area contributed by atoms with Gasteiger partial charge in [0.15, 0.2) is 0 Å². The van der Waals surface area contributed by atoms with E-state index < -0.39 is 26.8 Å². The molecule has 0 radical (unpaired) electrons. The summed E-state index contributed by atoms with van der Waals surface area (Å²) in [5.74, 6) is -0.937. The van der Waals surface area contributed by atoms with E-state index in [0.717, 1.165) is 16.9 Å². The van der Waals surface area contributed by atoms with E-state index in [1.807, 2.05) is 32.9 Å². The van der Waals surface area contributed by atoms with E-state index >= 15 is 0 Å². The van der Waals surface area contributed by atoms with Crippen molar-refractivity contribution in [2.75, 3.05) is 0 Å². The number of nitrogens with zero attached hydrogens (tertiary/aromatic N) is 2. The number of aromatic nitrogens is 2. The molecule has 4 N–H and O–H groups in total. The minimum atomic E-state index is -4.67. The molecule has 17 heteroatoms. The molecule has 0 saturated heterocycles. The van der Waals surface area contributed by atoms with Crippen molar-refractivity contribution < 1.29 is 92.9 Å². The van der Waals surface area contributed by atoms with Crippen LogP contribution in [-0.2, 0) is 26.2 Å². The molecule has 220 valence electrons. The first-order chi connectivity index (χ1) is 18.2. The van der Waals surface area contributed by atoms with Crippen LogP contribution in [-0.4, -0.2) is 32.4 Å². The zero-order valence-electron chi connectivity index (χ0n) is 23.4. The molecule has 4 rings (SSSR count). The first-order valence-electron chi connectivity index (χ1n) is 11.3. The monoisotopic (exact) mass is 626 g/mol. The average molecular weight is 627 g/mol. The Hall–Kier alpha value is -2.35. The molecule has 0 aliphatic carbocycles. The molecule has 0 saturated carbocycles. The van der Waals surface area contributed by atoms with Gasteiger partial charge in [0.2, 0.25) is 5.82 Å². The van der Waals surface area contributed by atoms with Gasteiger partial charge in [0, 0.05) is 50.1 Å². The molecule has 13 nitrogen and oxygen atoms in total. The molecule has 2 aromatic carbocycles. The number of aromatic amines is 2. The summed E-state index contributed by atoms with van der Waals surface area (Å²) < 4.78 is 58.8. The molecule has 41 heavy (non-hydrogen) atoms. The fraction of sp³-hybridized carbons (Fsp3) is 0.333. The normalized spacial score (nSPS) is 11.1. The van der Waals surface area contributed by atoms with Crippen LogP contribution in [0.4, 0.5) is 14.5 Å². The molecule has 0 fully saturated rings. The third kappa shape index (κ3) is 12.6. The summed E-state index contributed by atoms with van der Waals surface area (Å²) in [7, 11) is -4.67. The Morgan fingerprint density at radius 1 is 0.902 bits per heavy atom. The van der Waals surface area contributed by atoms with Crippen molar-refractivity contribution >= 4 is 37.9 Å². The van der Waals surface area contributed by atoms with Crippen molar-refractivity contribution in [3.05, 3.63) is 80.5 Å². The summed E-state index contributed by atoms with van der Waals surface area (Å²) in [5.41, 5.74) is 2.76. The quantitative estimate of drug-likeness (QED) is 0.0642. The molecule has 4 aromatic rings. The van der Waals surface area contributed by atoms with Crippen LogP contribution in [0.2, 0.25) is 0 Å². The van der Waals surface area contributed by atoms with Gasteiger partial charge in [-0.05, 0) is 30.3 Å². The van der Waals surface area contributed by atoms with Crippen molar-refractivity contribution in [3.63, 3.8) is 0 Å². The number of nitrogens with one attached hydrogen (secondary N) is 2. The van der Waals surface area contributed by atoms with Crippen molar-refractivity contribution in [2.24, 2.45) is 5.34 Å². The van der Waals surface area contributed by atoms with E-state index in [-0.39, 0.29) is 73.4 Å². The Morgan fingerprint density at radius 3 is 1.68 bits per heavy atom. The summed E-state index contributed by atoms with van der Waals surface area (Å²) >= 11 is 0. The van der Waals surface area contributed by atoms with Crippen LogP contribution in [0, 0.1) is 26.7 Å². The second-order valence-corrected chi connectivity index (χ2v) is 11.2. The van der Waals surface area contributed by atoms with E-state index in [4.69, 9.17) is 27.7 Å². The van der Waals surface area contributed by atoms with E-state index in [1.165, 1.54) is 23.5 Å². The summed E-state index contributed by atoms with van der Waals surface area (Å²) in [4.78, 5) is 27.0. The first kappa shape index (κ1) is 38.6. The fourth-order valence-electron chi connectivity index (χ4n) is 3.22. The van der Waals surface area contributed by atoms with Gasteiger partial charge < -0.3 is 20.2 Å². The first-order valence-corrected chi connectivity index (χ1v) is 12.7. The van der Waals surface area contributed by atoms with Gasteiger partial charge in [-0.3, -0.25) is 19.2 Å². The van der Waals surface area contributed by atoms with Crippen LogP contribution in [0.1, 0.15) is 52.9 Å². The summed E-state index contributed by atoms with van der Waals surface area (Å²) in [6.07, 6.45) is 0. The van der Waals surface area contributed by atoms with Gasteiger partial charge in [-0.2, -0.15) is 12.8 Å². The second-order valence-electron chi connectivity index (χ2n) is 10.3. The van der Waals surface area contributed by atoms with Crippen molar-refractivity contribution in [1.29, 1.82) is 0 Å². The molecule has 0 unspecified atom stereocenters. The maximum Gasteiger partial charge on any atom is 1.00 e. The topological polar surface area (TPSA) is 211 Å². The van der Waals surface area contributed by atoms with Gasteiger partial charge in [-0.25, -0.2) is 4.39 Å². The molecule has 2 heterocycles. The average Bonchev–Trinajstić information content (AvgIpc) is 3.44. The largest absolute Gasteiger partial charge is 1.00 e. The van der Waals surface area contributed by atoms with Crippen molar-refractivity contribution in [1.82, 2.24) is 9.97 Å². The standard InChI is InChI=1S/C12H13FN2O2.C12H14FN.K.HNO3.H2O4S/c1-12(2,3)10-6-7-8(14-10)4-5-9(11(7)13)15(16)17;1-12(2,3)11-7-8-9(13)5-4-6-10(8)14-11;;2-1-4-3;1-5(2,3)4/h4-6,14H,1-3H3;4-7,14H,1-3H3;;3H;(H2,1,2,3,4)/q;;+1;;/p-1. The minimum absolute atomic E-state index is 0. The zero-order chi connectivity index (χ0) is 31.1. The maximum absolute atomic E-state index is 13.9. The smallest absolute Gasteiger partial charge is 0.635 e. The molecule has 0 spiro atoms. The zero-order valence-corrected chi connectivity index (χ0v) is 27.3. The van der Waals surface area contributed by atoms with E-state index in [9.17, 15) is 18.9 Å². The Kier molecular flexibility index (Phi) is 14.9. The van der Waals surface area contributed by atoms with Gasteiger partial charge in [0.1, 0.15) is 11.2 Å². The summed E-state index contributed by atoms with van der Waals surface area (Å²) in [6.45, 7) is 12.3. The molecule has 2 aromatic heterocycles. The molecule has 0 aliphatic rings. The maximum atomic E-state index is 13.9. The van der Waals surface area contributed by atoms with E-state index in [2.05, 4.69) is 35.7 Å². The number of rotatable bonds is 2. The van der Waals surface area contributed by atoms with Gasteiger partial charge in [0.25, 0.3) is 0 Å². The van der Waals surface area contributed by atoms with E-state index in [0.29, 0.717) is 10.9 Å². The predicted molar refractivity (Wildman–Crippen MR) is 142 cm³/mol. The van der Waals surface area contributed by atoms with E-state index in [1.54, 1.807) is 12.1 Å². The minimum Gasteiger partial charge on any atom is -0.635 e. The number of nitro benzene ring substituents is 1. The number of nitro groups is 1. The van der Waals surface area contributed by atoms with Crippen molar-refractivity contribution in [2.45, 2.75) is 52.4 Å². The molecule has 0 atom stereocenters. The van der Waals surface area contributed by atoms with Crippen LogP contribution < -0.4 is 56.6 Å². The predicted octanol–water partition coefficient (Wildman–Crippen LogP) is 2.43. The Morgan fingerprint density at radius 2 is 1.32 bits per heavy atom. The van der Waals surface area contributed by atoms with Crippen LogP contribution in [0.5, 0.6) is 0 Å². The summed E-state index contributed by atoms with van der Waals surface area (Å²) in [6, 6.07) is 11.4. The third-order valence-corrected chi connectivity index (χ3v) is 5.17. The van der Waals surface area contributed by atoms with Crippen LogP contribution >= 0.6 is 0 Å². The second kappa shape index (κ2) is 15.8. The van der Waals surface area contributed by atoms with Gasteiger partial charge in [-0.1, -0.05) is 47.6 Å². The Labute approximate surface area is 276 Å². The molecular formula is C24H29F2KN4O9S. The Balaban J connectivity index is 0.000000599. The van der Waals surface area contributed by atoms with Gasteiger partial charge >= 0.3 is 67.5 Å². The SMILES string of the molecule is CC(C)(C)c1cc2c(F)c([N+](=O)[O-])ccc2[nH]1.CC(C)(C)c1cc2c(F)cccc2[nH]1.O=NO[O-].O=S(=O)(O)O.[K+]. The number of H-pyrrole nitrogens is 2. The molecule has 0 aliphatic heterocycles. The number of benzene rings is 2. The fourth-order valence-corrected chi connectivity index (χ4v) is 3.22. The number of halogens is 2. The Bertz CT molecular complexity index is 1570. The van der Waals surface area contributed by atoms with Crippen LogP contribution in [0.3, 0.4) is 0 Å².